The van der Waals surface area contributed by atoms with E-state index in [1.165, 1.54) is 6.07 Å². The van der Waals surface area contributed by atoms with Gasteiger partial charge in [-0.2, -0.15) is 0 Å². The van der Waals surface area contributed by atoms with Crippen LogP contribution in [0.25, 0.3) is 17.0 Å². The van der Waals surface area contributed by atoms with E-state index < -0.39 is 17.2 Å². The van der Waals surface area contributed by atoms with Crippen LogP contribution in [0.5, 0.6) is 5.75 Å². The fraction of sp³-hybridized carbons (Fsp3) is 0.294. The number of hydrogen-bond acceptors (Lipinski definition) is 5. The van der Waals surface area contributed by atoms with Crippen LogP contribution in [0.4, 0.5) is 0 Å². The minimum atomic E-state index is -0.712. The number of rotatable bonds is 2. The molecule has 0 spiro atoms. The van der Waals surface area contributed by atoms with Gasteiger partial charge >= 0.3 is 11.6 Å². The monoisotopic (exact) mass is 300 g/mol. The molecule has 0 unspecified atom stereocenters. The second-order valence-electron chi connectivity index (χ2n) is 5.63. The summed E-state index contributed by atoms with van der Waals surface area (Å²) in [6.45, 7) is 5.76. The molecule has 2 heterocycles. The number of esters is 1. The first-order chi connectivity index (χ1) is 10.4. The minimum Gasteiger partial charge on any atom is -0.483 e. The lowest BCUT2D eigenvalue weighted by Gasteiger charge is -2.27. The first kappa shape index (κ1) is 14.4. The van der Waals surface area contributed by atoms with Crippen molar-refractivity contribution in [1.29, 1.82) is 0 Å². The number of hydrogen-bond donors (Lipinski definition) is 0. The number of ether oxygens (including phenoxy) is 2. The van der Waals surface area contributed by atoms with Gasteiger partial charge in [-0.1, -0.05) is 6.08 Å². The number of benzene rings is 1. The lowest BCUT2D eigenvalue weighted by Crippen LogP contribution is -2.27. The molecule has 2 aromatic rings. The van der Waals surface area contributed by atoms with E-state index in [-0.39, 0.29) is 12.2 Å². The molecule has 5 nitrogen and oxygen atoms in total. The average Bonchev–Trinajstić information content (AvgIpc) is 2.44. The van der Waals surface area contributed by atoms with E-state index in [4.69, 9.17) is 13.9 Å². The summed E-state index contributed by atoms with van der Waals surface area (Å²) in [5.41, 5.74) is 0.0245. The molecule has 0 saturated heterocycles. The summed E-state index contributed by atoms with van der Waals surface area (Å²) in [4.78, 5) is 23.7. The summed E-state index contributed by atoms with van der Waals surface area (Å²) in [5, 5.41) is 0.648. The van der Waals surface area contributed by atoms with Gasteiger partial charge in [0.1, 0.15) is 22.5 Å². The smallest absolute Gasteiger partial charge is 0.351 e. The standard InChI is InChI=1S/C17H16O5/c1-4-20-15(18)12-8-11-7-10-5-6-17(2,3)22-14(10)9-13(11)21-16(12)19/h5-9H,4H2,1-3H3. The van der Waals surface area contributed by atoms with Crippen LogP contribution in [0.2, 0.25) is 0 Å². The molecule has 1 aliphatic rings. The highest BCUT2D eigenvalue weighted by Gasteiger charge is 2.23. The van der Waals surface area contributed by atoms with Crippen LogP contribution >= 0.6 is 0 Å². The van der Waals surface area contributed by atoms with Crippen molar-refractivity contribution in [3.05, 3.63) is 45.8 Å². The second kappa shape index (κ2) is 5.02. The highest BCUT2D eigenvalue weighted by Crippen LogP contribution is 2.34. The van der Waals surface area contributed by atoms with Gasteiger partial charge in [-0.05, 0) is 39.0 Å². The second-order valence-corrected chi connectivity index (χ2v) is 5.63. The zero-order valence-corrected chi connectivity index (χ0v) is 12.6. The Hall–Kier alpha value is -2.56. The Kier molecular flexibility index (Phi) is 3.28. The zero-order chi connectivity index (χ0) is 15.9. The van der Waals surface area contributed by atoms with Crippen molar-refractivity contribution < 1.29 is 18.7 Å². The summed E-state index contributed by atoms with van der Waals surface area (Å²) in [5.74, 6) is -0.0316. The predicted molar refractivity (Wildman–Crippen MR) is 82.2 cm³/mol. The van der Waals surface area contributed by atoms with Gasteiger partial charge in [-0.25, -0.2) is 9.59 Å². The fourth-order valence-electron chi connectivity index (χ4n) is 2.34. The molecule has 0 saturated carbocycles. The molecular formula is C17H16O5. The number of fused-ring (bicyclic) bond motifs is 2. The van der Waals surface area contributed by atoms with Gasteiger partial charge in [0.2, 0.25) is 0 Å². The normalized spacial score (nSPS) is 15.2. The number of carbonyl (C=O) groups excluding carboxylic acids is 1. The third-order valence-corrected chi connectivity index (χ3v) is 3.40. The van der Waals surface area contributed by atoms with Crippen LogP contribution in [-0.2, 0) is 4.74 Å². The Bertz CT molecular complexity index is 842. The maximum Gasteiger partial charge on any atom is 0.351 e. The van der Waals surface area contributed by atoms with E-state index in [1.54, 1.807) is 13.0 Å². The van der Waals surface area contributed by atoms with Crippen LogP contribution in [0.3, 0.4) is 0 Å². The van der Waals surface area contributed by atoms with Gasteiger partial charge in [0.25, 0.3) is 0 Å². The van der Waals surface area contributed by atoms with Gasteiger partial charge in [-0.15, -0.1) is 0 Å². The van der Waals surface area contributed by atoms with Crippen LogP contribution in [0, 0.1) is 0 Å². The largest absolute Gasteiger partial charge is 0.483 e. The molecule has 0 aliphatic carbocycles. The van der Waals surface area contributed by atoms with Crippen LogP contribution in [-0.4, -0.2) is 18.2 Å². The van der Waals surface area contributed by atoms with Crippen LogP contribution in [0.15, 0.2) is 33.5 Å². The lowest BCUT2D eigenvalue weighted by molar-refractivity contribution is 0.0522. The first-order valence-electron chi connectivity index (χ1n) is 7.07. The van der Waals surface area contributed by atoms with E-state index in [1.807, 2.05) is 32.1 Å². The molecule has 3 rings (SSSR count). The van der Waals surface area contributed by atoms with Crippen molar-refractivity contribution >= 4 is 23.0 Å². The zero-order valence-electron chi connectivity index (χ0n) is 12.6. The molecular weight excluding hydrogens is 284 g/mol. The van der Waals surface area contributed by atoms with Crippen molar-refractivity contribution in [2.24, 2.45) is 0 Å². The Morgan fingerprint density at radius 3 is 2.77 bits per heavy atom. The van der Waals surface area contributed by atoms with E-state index in [9.17, 15) is 9.59 Å². The van der Waals surface area contributed by atoms with Crippen molar-refractivity contribution in [3.8, 4) is 5.75 Å². The summed E-state index contributed by atoms with van der Waals surface area (Å²) in [6, 6.07) is 4.99. The maximum atomic E-state index is 11.9. The third-order valence-electron chi connectivity index (χ3n) is 3.40. The molecule has 22 heavy (non-hydrogen) atoms. The van der Waals surface area contributed by atoms with Crippen LogP contribution in [0.1, 0.15) is 36.7 Å². The first-order valence-corrected chi connectivity index (χ1v) is 7.07. The van der Waals surface area contributed by atoms with Crippen LogP contribution < -0.4 is 10.4 Å². The Labute approximate surface area is 127 Å². The predicted octanol–water partition coefficient (Wildman–Crippen LogP) is 3.15. The van der Waals surface area contributed by atoms with Gasteiger partial charge in [0, 0.05) is 17.0 Å². The van der Waals surface area contributed by atoms with Gasteiger partial charge in [0.05, 0.1) is 6.61 Å². The topological polar surface area (TPSA) is 65.7 Å². The van der Waals surface area contributed by atoms with E-state index in [0.29, 0.717) is 16.7 Å². The van der Waals surface area contributed by atoms with Gasteiger partial charge < -0.3 is 13.9 Å². The SMILES string of the molecule is CCOC(=O)c1cc2cc3c(cc2oc1=O)OC(C)(C)C=C3. The fourth-order valence-corrected chi connectivity index (χ4v) is 2.34. The van der Waals surface area contributed by atoms with Crippen molar-refractivity contribution in [1.82, 2.24) is 0 Å². The van der Waals surface area contributed by atoms with Crippen molar-refractivity contribution in [2.45, 2.75) is 26.4 Å². The Morgan fingerprint density at radius 2 is 2.05 bits per heavy atom. The minimum absolute atomic E-state index is 0.102. The van der Waals surface area contributed by atoms with Crippen molar-refractivity contribution in [2.75, 3.05) is 6.61 Å². The van der Waals surface area contributed by atoms with E-state index >= 15 is 0 Å². The van der Waals surface area contributed by atoms with E-state index in [2.05, 4.69) is 0 Å². The Balaban J connectivity index is 2.15. The summed E-state index contributed by atoms with van der Waals surface area (Å²) in [7, 11) is 0. The Morgan fingerprint density at radius 1 is 1.27 bits per heavy atom. The molecule has 1 aliphatic heterocycles. The molecule has 1 aromatic heterocycles. The molecule has 0 atom stereocenters. The molecule has 0 radical (unpaired) electrons. The molecule has 0 N–H and O–H groups in total. The molecule has 114 valence electrons. The molecule has 0 amide bonds. The number of carbonyl (C=O) groups is 1. The van der Waals surface area contributed by atoms with Gasteiger partial charge in [0.15, 0.2) is 0 Å². The maximum absolute atomic E-state index is 11.9. The molecule has 5 heteroatoms. The summed E-state index contributed by atoms with van der Waals surface area (Å²) >= 11 is 0. The lowest BCUT2D eigenvalue weighted by atomic mass is 10.0. The third kappa shape index (κ3) is 2.50. The summed E-state index contributed by atoms with van der Waals surface area (Å²) in [6.07, 6.45) is 3.90. The molecule has 1 aromatic carbocycles. The highest BCUT2D eigenvalue weighted by molar-refractivity contribution is 5.93. The highest BCUT2D eigenvalue weighted by atomic mass is 16.5. The summed E-state index contributed by atoms with van der Waals surface area (Å²) < 4.78 is 15.9. The van der Waals surface area contributed by atoms with Crippen molar-refractivity contribution in [3.63, 3.8) is 0 Å². The molecule has 0 bridgehead atoms. The average molecular weight is 300 g/mol. The quantitative estimate of drug-likeness (QED) is 0.629. The van der Waals surface area contributed by atoms with Gasteiger partial charge in [-0.3, -0.25) is 0 Å². The molecule has 0 fully saturated rings. The van der Waals surface area contributed by atoms with E-state index in [0.717, 1.165) is 5.56 Å².